The maximum Gasteiger partial charge on any atom is 0.257 e. The van der Waals surface area contributed by atoms with Gasteiger partial charge in [0.05, 0.1) is 0 Å². The summed E-state index contributed by atoms with van der Waals surface area (Å²) in [5.41, 5.74) is 4.13. The number of aromatic nitrogens is 2. The molecule has 4 aromatic rings. The first-order valence-corrected chi connectivity index (χ1v) is 11.1. The van der Waals surface area contributed by atoms with E-state index in [4.69, 9.17) is 4.52 Å². The number of benzene rings is 3. The Bertz CT molecular complexity index is 1270. The zero-order valence-corrected chi connectivity index (χ0v) is 19.2. The number of carbonyl (C=O) groups is 2. The number of aryl methyl sites for hydroxylation is 1. The first kappa shape index (κ1) is 22.9. The predicted octanol–water partition coefficient (Wildman–Crippen LogP) is 4.29. The summed E-state index contributed by atoms with van der Waals surface area (Å²) in [5.74, 6) is 0.687. The Hall–Kier alpha value is -4.26. The number of amides is 2. The van der Waals surface area contributed by atoms with Crippen LogP contribution in [0, 0.1) is 6.92 Å². The molecule has 0 radical (unpaired) electrons. The number of hydrogen-bond donors (Lipinski definition) is 1. The van der Waals surface area contributed by atoms with Crippen molar-refractivity contribution in [3.05, 3.63) is 107 Å². The van der Waals surface area contributed by atoms with Crippen molar-refractivity contribution in [1.29, 1.82) is 0 Å². The molecule has 1 N–H and O–H groups in total. The second kappa shape index (κ2) is 10.6. The van der Waals surface area contributed by atoms with Crippen LogP contribution in [0.1, 0.15) is 37.7 Å². The first-order chi connectivity index (χ1) is 16.5. The molecule has 0 aliphatic rings. The summed E-state index contributed by atoms with van der Waals surface area (Å²) < 4.78 is 5.38. The van der Waals surface area contributed by atoms with E-state index in [1.165, 1.54) is 0 Å². The van der Waals surface area contributed by atoms with Gasteiger partial charge >= 0.3 is 0 Å². The fraction of sp³-hybridized carbons (Fsp3) is 0.185. The molecule has 34 heavy (non-hydrogen) atoms. The lowest BCUT2D eigenvalue weighted by Crippen LogP contribution is -2.29. The van der Waals surface area contributed by atoms with Crippen LogP contribution in [-0.2, 0) is 13.0 Å². The number of hydrogen-bond acceptors (Lipinski definition) is 5. The molecule has 172 valence electrons. The molecule has 0 aliphatic heterocycles. The lowest BCUT2D eigenvalue weighted by atomic mass is 10.1. The van der Waals surface area contributed by atoms with Gasteiger partial charge in [0.25, 0.3) is 17.7 Å². The Balaban J connectivity index is 1.31. The molecule has 3 aromatic carbocycles. The number of nitrogens with zero attached hydrogens (tertiary/aromatic N) is 3. The molecule has 0 saturated heterocycles. The van der Waals surface area contributed by atoms with E-state index in [-0.39, 0.29) is 11.8 Å². The molecule has 0 atom stereocenters. The van der Waals surface area contributed by atoms with E-state index in [2.05, 4.69) is 15.5 Å². The maximum atomic E-state index is 12.5. The van der Waals surface area contributed by atoms with Crippen molar-refractivity contribution in [3.63, 3.8) is 0 Å². The summed E-state index contributed by atoms with van der Waals surface area (Å²) in [5, 5.41) is 6.95. The van der Waals surface area contributed by atoms with Gasteiger partial charge in [-0.25, -0.2) is 0 Å². The molecule has 7 nitrogen and oxygen atoms in total. The van der Waals surface area contributed by atoms with E-state index >= 15 is 0 Å². The number of carbonyl (C=O) groups excluding carboxylic acids is 2. The van der Waals surface area contributed by atoms with Crippen LogP contribution in [0.15, 0.2) is 83.4 Å². The van der Waals surface area contributed by atoms with Crippen molar-refractivity contribution in [2.45, 2.75) is 19.9 Å². The minimum absolute atomic E-state index is 0.0550. The fourth-order valence-corrected chi connectivity index (χ4v) is 3.51. The Morgan fingerprint density at radius 3 is 2.44 bits per heavy atom. The van der Waals surface area contributed by atoms with Crippen LogP contribution in [-0.4, -0.2) is 40.4 Å². The highest BCUT2D eigenvalue weighted by Gasteiger charge is 2.14. The second-order valence-electron chi connectivity index (χ2n) is 8.11. The van der Waals surface area contributed by atoms with Crippen LogP contribution < -0.4 is 5.32 Å². The monoisotopic (exact) mass is 454 g/mol. The summed E-state index contributed by atoms with van der Waals surface area (Å²) in [4.78, 5) is 31.0. The summed E-state index contributed by atoms with van der Waals surface area (Å²) in [7, 11) is 1.75. The largest absolute Gasteiger partial charge is 0.348 e. The van der Waals surface area contributed by atoms with Gasteiger partial charge in [-0.05, 0) is 48.9 Å². The van der Waals surface area contributed by atoms with Gasteiger partial charge in [0.15, 0.2) is 5.82 Å². The SMILES string of the molecule is Cc1cccc(CNC(=O)c2ccc(-c3nc(CCN(C)C(=O)c4ccccc4)no3)cc2)c1. The van der Waals surface area contributed by atoms with Gasteiger partial charge in [-0.15, -0.1) is 0 Å². The summed E-state index contributed by atoms with van der Waals surface area (Å²) in [6.45, 7) is 2.96. The molecule has 0 fully saturated rings. The third kappa shape index (κ3) is 5.75. The lowest BCUT2D eigenvalue weighted by molar-refractivity contribution is 0.0795. The minimum Gasteiger partial charge on any atom is -0.348 e. The molecule has 0 bridgehead atoms. The van der Waals surface area contributed by atoms with Gasteiger partial charge in [0.1, 0.15) is 0 Å². The highest BCUT2D eigenvalue weighted by atomic mass is 16.5. The van der Waals surface area contributed by atoms with Crippen LogP contribution in [0.3, 0.4) is 0 Å². The van der Waals surface area contributed by atoms with Gasteiger partial charge in [0.2, 0.25) is 0 Å². The van der Waals surface area contributed by atoms with Crippen molar-refractivity contribution in [1.82, 2.24) is 20.4 Å². The van der Waals surface area contributed by atoms with Crippen molar-refractivity contribution >= 4 is 11.8 Å². The van der Waals surface area contributed by atoms with Crippen LogP contribution in [0.5, 0.6) is 0 Å². The average Bonchev–Trinajstić information content (AvgIpc) is 3.35. The van der Waals surface area contributed by atoms with Gasteiger partial charge in [0, 0.05) is 43.2 Å². The smallest absolute Gasteiger partial charge is 0.257 e. The number of likely N-dealkylation sites (N-methyl/N-ethyl adjacent to an activating group) is 1. The molecule has 4 rings (SSSR count). The van der Waals surface area contributed by atoms with E-state index < -0.39 is 0 Å². The van der Waals surface area contributed by atoms with Crippen molar-refractivity contribution < 1.29 is 14.1 Å². The fourth-order valence-electron chi connectivity index (χ4n) is 3.51. The number of nitrogens with one attached hydrogen (secondary N) is 1. The molecule has 1 heterocycles. The molecule has 1 aromatic heterocycles. The molecular weight excluding hydrogens is 428 g/mol. The summed E-state index contributed by atoms with van der Waals surface area (Å²) >= 11 is 0. The summed E-state index contributed by atoms with van der Waals surface area (Å²) in [6, 6.07) is 24.2. The molecule has 7 heteroatoms. The minimum atomic E-state index is -0.148. The van der Waals surface area contributed by atoms with Crippen molar-refractivity contribution in [2.24, 2.45) is 0 Å². The van der Waals surface area contributed by atoms with E-state index in [0.29, 0.717) is 42.4 Å². The van der Waals surface area contributed by atoms with E-state index in [1.54, 1.807) is 48.3 Å². The van der Waals surface area contributed by atoms with Gasteiger partial charge < -0.3 is 14.7 Å². The van der Waals surface area contributed by atoms with Gasteiger partial charge in [-0.2, -0.15) is 4.98 Å². The van der Waals surface area contributed by atoms with E-state index in [0.717, 1.165) is 16.7 Å². The Kier molecular flexibility index (Phi) is 7.13. The molecule has 0 saturated carbocycles. The molecule has 0 unspecified atom stereocenters. The lowest BCUT2D eigenvalue weighted by Gasteiger charge is -2.15. The number of rotatable bonds is 8. The van der Waals surface area contributed by atoms with Crippen LogP contribution in [0.25, 0.3) is 11.5 Å². The van der Waals surface area contributed by atoms with Crippen molar-refractivity contribution in [2.75, 3.05) is 13.6 Å². The quantitative estimate of drug-likeness (QED) is 0.429. The second-order valence-corrected chi connectivity index (χ2v) is 8.11. The predicted molar refractivity (Wildman–Crippen MR) is 129 cm³/mol. The van der Waals surface area contributed by atoms with Crippen LogP contribution >= 0.6 is 0 Å². The molecule has 2 amide bonds. The van der Waals surface area contributed by atoms with Crippen molar-refractivity contribution in [3.8, 4) is 11.5 Å². The maximum absolute atomic E-state index is 12.5. The summed E-state index contributed by atoms with van der Waals surface area (Å²) in [6.07, 6.45) is 0.470. The zero-order chi connectivity index (χ0) is 23.9. The van der Waals surface area contributed by atoms with E-state index in [1.807, 2.05) is 49.4 Å². The standard InChI is InChI=1S/C27H26N4O3/c1-19-7-6-8-20(17-19)18-28-25(32)21-11-13-22(14-12-21)26-29-24(30-34-26)15-16-31(2)27(33)23-9-4-3-5-10-23/h3-14,17H,15-16,18H2,1-2H3,(H,28,32). The Morgan fingerprint density at radius 1 is 0.941 bits per heavy atom. The van der Waals surface area contributed by atoms with Gasteiger partial charge in [-0.1, -0.05) is 53.2 Å². The Labute approximate surface area is 198 Å². The topological polar surface area (TPSA) is 88.3 Å². The third-order valence-corrected chi connectivity index (χ3v) is 5.44. The highest BCUT2D eigenvalue weighted by Crippen LogP contribution is 2.18. The zero-order valence-electron chi connectivity index (χ0n) is 19.2. The van der Waals surface area contributed by atoms with Gasteiger partial charge in [-0.3, -0.25) is 9.59 Å². The molecule has 0 aliphatic carbocycles. The highest BCUT2D eigenvalue weighted by molar-refractivity contribution is 5.94. The van der Waals surface area contributed by atoms with E-state index in [9.17, 15) is 9.59 Å². The average molecular weight is 455 g/mol. The molecule has 0 spiro atoms. The molecular formula is C27H26N4O3. The Morgan fingerprint density at radius 2 is 1.71 bits per heavy atom. The first-order valence-electron chi connectivity index (χ1n) is 11.1. The normalized spacial score (nSPS) is 10.6. The van der Waals surface area contributed by atoms with Crippen LogP contribution in [0.2, 0.25) is 0 Å². The van der Waals surface area contributed by atoms with Crippen LogP contribution in [0.4, 0.5) is 0 Å². The third-order valence-electron chi connectivity index (χ3n) is 5.44.